The van der Waals surface area contributed by atoms with Crippen LogP contribution in [0.2, 0.25) is 0 Å². The predicted molar refractivity (Wildman–Crippen MR) is 115 cm³/mol. The monoisotopic (exact) mass is 445 g/mol. The Hall–Kier alpha value is -2.65. The van der Waals surface area contributed by atoms with Crippen LogP contribution in [-0.4, -0.2) is 38.8 Å². The standard InChI is InChI=1S/C20H26N6O4P/c1-3-28-18-16-17(24-20(21)25-18)26(12-22-16)19-13(2)9-15(30-19)11-29-31(27)23-10-14-7-5-4-6-8-14/h4-8,12-13,15,19H,3,9-11H2,1-2H3,(H,23,27)(H2,21,24,25)/q+1. The second-order valence-corrected chi connectivity index (χ2v) is 8.47. The summed E-state index contributed by atoms with van der Waals surface area (Å²) in [6.45, 7) is 5.10. The van der Waals surface area contributed by atoms with Crippen LogP contribution in [0.15, 0.2) is 36.7 Å². The lowest BCUT2D eigenvalue weighted by molar-refractivity contribution is -0.0243. The quantitative estimate of drug-likeness (QED) is 0.477. The van der Waals surface area contributed by atoms with Gasteiger partial charge in [0.1, 0.15) is 12.8 Å². The molecule has 1 aliphatic rings. The first kappa shape index (κ1) is 21.6. The smallest absolute Gasteiger partial charge is 0.476 e. The van der Waals surface area contributed by atoms with E-state index in [0.29, 0.717) is 30.2 Å². The van der Waals surface area contributed by atoms with E-state index in [9.17, 15) is 4.57 Å². The minimum Gasteiger partial charge on any atom is -0.476 e. The Labute approximate surface area is 181 Å². The summed E-state index contributed by atoms with van der Waals surface area (Å²) in [4.78, 5) is 12.8. The lowest BCUT2D eigenvalue weighted by Crippen LogP contribution is -2.17. The van der Waals surface area contributed by atoms with E-state index in [1.807, 2.05) is 41.8 Å². The normalized spacial score (nSPS) is 21.5. The van der Waals surface area contributed by atoms with E-state index < -0.39 is 8.18 Å². The number of anilines is 1. The predicted octanol–water partition coefficient (Wildman–Crippen LogP) is 3.19. The molecule has 0 bridgehead atoms. The fourth-order valence-electron chi connectivity index (χ4n) is 3.64. The van der Waals surface area contributed by atoms with Crippen LogP contribution in [0.1, 0.15) is 32.1 Å². The molecule has 10 nitrogen and oxygen atoms in total. The molecule has 164 valence electrons. The summed E-state index contributed by atoms with van der Waals surface area (Å²) in [6.07, 6.45) is 1.93. The molecular weight excluding hydrogens is 419 g/mol. The first-order valence-corrected chi connectivity index (χ1v) is 11.4. The van der Waals surface area contributed by atoms with Crippen molar-refractivity contribution in [2.45, 2.75) is 39.1 Å². The average Bonchev–Trinajstić information content (AvgIpc) is 3.34. The maximum atomic E-state index is 12.2. The molecule has 11 heteroatoms. The highest BCUT2D eigenvalue weighted by molar-refractivity contribution is 7.36. The first-order chi connectivity index (χ1) is 15.0. The molecule has 3 heterocycles. The third kappa shape index (κ3) is 4.99. The van der Waals surface area contributed by atoms with Crippen molar-refractivity contribution in [3.8, 4) is 5.88 Å². The molecule has 2 aromatic heterocycles. The Morgan fingerprint density at radius 3 is 2.90 bits per heavy atom. The van der Waals surface area contributed by atoms with Crippen LogP contribution in [0.4, 0.5) is 5.95 Å². The molecule has 0 spiro atoms. The zero-order valence-electron chi connectivity index (χ0n) is 17.5. The van der Waals surface area contributed by atoms with Gasteiger partial charge < -0.3 is 15.2 Å². The number of ether oxygens (including phenoxy) is 2. The largest absolute Gasteiger partial charge is 0.613 e. The van der Waals surface area contributed by atoms with Crippen molar-refractivity contribution in [3.05, 3.63) is 42.2 Å². The molecule has 4 rings (SSSR count). The Bertz CT molecular complexity index is 1050. The number of fused-ring (bicyclic) bond motifs is 1. The van der Waals surface area contributed by atoms with E-state index in [1.165, 1.54) is 0 Å². The molecular formula is C20H26N6O4P+. The molecule has 4 atom stereocenters. The highest BCUT2D eigenvalue weighted by Gasteiger charge is 2.36. The number of rotatable bonds is 9. The topological polar surface area (TPSA) is 126 Å². The van der Waals surface area contributed by atoms with E-state index in [1.54, 1.807) is 6.33 Å². The number of hydrogen-bond acceptors (Lipinski definition) is 8. The molecule has 1 aromatic carbocycles. The van der Waals surface area contributed by atoms with Crippen molar-refractivity contribution in [3.63, 3.8) is 0 Å². The molecule has 31 heavy (non-hydrogen) atoms. The number of nitrogen functional groups attached to an aromatic ring is 1. The fourth-order valence-corrected chi connectivity index (χ4v) is 4.35. The lowest BCUT2D eigenvalue weighted by Gasteiger charge is -2.17. The van der Waals surface area contributed by atoms with Crippen LogP contribution in [0, 0.1) is 5.92 Å². The maximum absolute atomic E-state index is 12.2. The molecule has 0 radical (unpaired) electrons. The van der Waals surface area contributed by atoms with Gasteiger partial charge in [0.15, 0.2) is 11.2 Å². The van der Waals surface area contributed by atoms with Crippen LogP contribution in [-0.2, 0) is 20.4 Å². The summed E-state index contributed by atoms with van der Waals surface area (Å²) in [7, 11) is -1.99. The van der Waals surface area contributed by atoms with Gasteiger partial charge >= 0.3 is 8.18 Å². The van der Waals surface area contributed by atoms with Crippen molar-refractivity contribution in [1.29, 1.82) is 0 Å². The molecule has 1 saturated heterocycles. The van der Waals surface area contributed by atoms with Gasteiger partial charge in [-0.15, -0.1) is 4.52 Å². The summed E-state index contributed by atoms with van der Waals surface area (Å²) >= 11 is 0. The van der Waals surface area contributed by atoms with Crippen molar-refractivity contribution in [1.82, 2.24) is 24.6 Å². The minimum atomic E-state index is -1.99. The fraction of sp³-hybridized carbons (Fsp3) is 0.450. The Kier molecular flexibility index (Phi) is 6.72. The summed E-state index contributed by atoms with van der Waals surface area (Å²) in [5.74, 6) is 0.647. The summed E-state index contributed by atoms with van der Waals surface area (Å²) in [5.41, 5.74) is 7.99. The Morgan fingerprint density at radius 2 is 2.13 bits per heavy atom. The van der Waals surface area contributed by atoms with E-state index in [0.717, 1.165) is 12.0 Å². The molecule has 0 amide bonds. The number of hydrogen-bond donors (Lipinski definition) is 2. The zero-order valence-corrected chi connectivity index (χ0v) is 18.4. The summed E-state index contributed by atoms with van der Waals surface area (Å²) in [5, 5.41) is 2.89. The van der Waals surface area contributed by atoms with Gasteiger partial charge in [-0.2, -0.15) is 9.97 Å². The second kappa shape index (κ2) is 9.65. The van der Waals surface area contributed by atoms with E-state index >= 15 is 0 Å². The second-order valence-electron chi connectivity index (χ2n) is 7.38. The number of aromatic nitrogens is 4. The van der Waals surface area contributed by atoms with Gasteiger partial charge in [-0.25, -0.2) is 4.98 Å². The van der Waals surface area contributed by atoms with Crippen LogP contribution in [0.3, 0.4) is 0 Å². The highest BCUT2D eigenvalue weighted by atomic mass is 31.1. The molecule has 0 saturated carbocycles. The van der Waals surface area contributed by atoms with Gasteiger partial charge in [0.25, 0.3) is 0 Å². The molecule has 3 N–H and O–H groups in total. The van der Waals surface area contributed by atoms with Gasteiger partial charge in [0.05, 0.1) is 25.6 Å². The Morgan fingerprint density at radius 1 is 1.32 bits per heavy atom. The summed E-state index contributed by atoms with van der Waals surface area (Å²) < 4.78 is 31.2. The molecule has 3 aromatic rings. The van der Waals surface area contributed by atoms with Gasteiger partial charge in [0.2, 0.25) is 11.8 Å². The molecule has 1 fully saturated rings. The van der Waals surface area contributed by atoms with Crippen molar-refractivity contribution in [2.75, 3.05) is 18.9 Å². The van der Waals surface area contributed by atoms with Crippen LogP contribution in [0.25, 0.3) is 11.2 Å². The van der Waals surface area contributed by atoms with E-state index in [2.05, 4.69) is 27.0 Å². The number of imidazole rings is 1. The van der Waals surface area contributed by atoms with Crippen molar-refractivity contribution in [2.24, 2.45) is 5.92 Å². The van der Waals surface area contributed by atoms with E-state index in [4.69, 9.17) is 19.7 Å². The SMILES string of the molecule is CCOc1nc(N)nc2c1ncn2C1OC(CO[P+](=O)NCc2ccccc2)CC1C. The number of nitrogens with one attached hydrogen (secondary N) is 1. The highest BCUT2D eigenvalue weighted by Crippen LogP contribution is 2.37. The van der Waals surface area contributed by atoms with Gasteiger partial charge in [-0.1, -0.05) is 42.3 Å². The minimum absolute atomic E-state index is 0.115. The van der Waals surface area contributed by atoms with Crippen molar-refractivity contribution < 1.29 is 18.6 Å². The Balaban J connectivity index is 1.37. The van der Waals surface area contributed by atoms with Gasteiger partial charge in [-0.05, 0) is 23.5 Å². The molecule has 0 aliphatic carbocycles. The number of nitrogens with two attached hydrogens (primary N) is 1. The van der Waals surface area contributed by atoms with E-state index in [-0.39, 0.29) is 30.8 Å². The zero-order chi connectivity index (χ0) is 21.8. The van der Waals surface area contributed by atoms with Crippen LogP contribution in [0.5, 0.6) is 5.88 Å². The van der Waals surface area contributed by atoms with Crippen LogP contribution < -0.4 is 15.6 Å². The maximum Gasteiger partial charge on any atom is 0.613 e. The van der Waals surface area contributed by atoms with Crippen LogP contribution >= 0.6 is 8.18 Å². The average molecular weight is 445 g/mol. The molecule has 4 unspecified atom stereocenters. The third-order valence-corrected chi connectivity index (χ3v) is 5.85. The summed E-state index contributed by atoms with van der Waals surface area (Å²) in [6, 6.07) is 9.75. The first-order valence-electron chi connectivity index (χ1n) is 10.2. The van der Waals surface area contributed by atoms with Gasteiger partial charge in [-0.3, -0.25) is 4.57 Å². The molecule has 1 aliphatic heterocycles. The third-order valence-electron chi connectivity index (χ3n) is 5.05. The lowest BCUT2D eigenvalue weighted by atomic mass is 10.1. The van der Waals surface area contributed by atoms with Gasteiger partial charge in [0, 0.05) is 5.92 Å². The number of benzene rings is 1. The van der Waals surface area contributed by atoms with Crippen molar-refractivity contribution >= 4 is 25.3 Å². The number of nitrogens with zero attached hydrogens (tertiary/aromatic N) is 4.